The fraction of sp³-hybridized carbons (Fsp3) is 0.263. The van der Waals surface area contributed by atoms with Gasteiger partial charge in [-0.15, -0.1) is 11.3 Å². The van der Waals surface area contributed by atoms with Gasteiger partial charge in [0.1, 0.15) is 21.9 Å². The van der Waals surface area contributed by atoms with Crippen molar-refractivity contribution in [3.05, 3.63) is 112 Å². The SMILES string of the molecule is CCCCc1ccc(-n2c(N)c(C(=O)Nc3sc4c(c3C(=O)OCC)CC[C@@H](c3ccccc3)C4)c3nc4ccccc4nc32)cc1. The van der Waals surface area contributed by atoms with Crippen LogP contribution in [0.2, 0.25) is 0 Å². The van der Waals surface area contributed by atoms with Crippen LogP contribution < -0.4 is 11.1 Å². The van der Waals surface area contributed by atoms with E-state index in [1.807, 2.05) is 42.5 Å². The number of nitrogens with one attached hydrogen (secondary N) is 1. The van der Waals surface area contributed by atoms with Crippen molar-refractivity contribution in [2.75, 3.05) is 17.7 Å². The largest absolute Gasteiger partial charge is 0.462 e. The maximum absolute atomic E-state index is 14.3. The summed E-state index contributed by atoms with van der Waals surface area (Å²) in [7, 11) is 0. The fourth-order valence-corrected chi connectivity index (χ4v) is 7.92. The van der Waals surface area contributed by atoms with Crippen molar-refractivity contribution in [2.24, 2.45) is 0 Å². The van der Waals surface area contributed by atoms with E-state index in [1.54, 1.807) is 11.5 Å². The number of aromatic nitrogens is 3. The van der Waals surface area contributed by atoms with Crippen LogP contribution in [0, 0.1) is 0 Å². The average molecular weight is 644 g/mol. The number of esters is 1. The van der Waals surface area contributed by atoms with E-state index in [4.69, 9.17) is 20.4 Å². The molecular weight excluding hydrogens is 607 g/mol. The van der Waals surface area contributed by atoms with Crippen molar-refractivity contribution in [1.82, 2.24) is 14.5 Å². The number of anilines is 2. The number of carbonyl (C=O) groups excluding carboxylic acids is 2. The lowest BCUT2D eigenvalue weighted by molar-refractivity contribution is 0.0526. The highest BCUT2D eigenvalue weighted by molar-refractivity contribution is 7.17. The number of aryl methyl sites for hydroxylation is 1. The van der Waals surface area contributed by atoms with E-state index < -0.39 is 11.9 Å². The monoisotopic (exact) mass is 643 g/mol. The standard InChI is InChI=1S/C38H37N5O3S/c1-3-5-11-23-16-19-26(20-17-23)43-34(39)32(33-35(43)41-29-15-10-9-14-28(29)40-33)36(44)42-37-31(38(45)46-4-2)27-21-18-25(22-30(27)47-37)24-12-7-6-8-13-24/h6-10,12-17,19-20,25H,3-5,11,18,21-22,39H2,1-2H3,(H,42,44)/t25-/m1/s1. The predicted molar refractivity (Wildman–Crippen MR) is 189 cm³/mol. The zero-order valence-electron chi connectivity index (χ0n) is 26.6. The molecule has 0 saturated carbocycles. The molecule has 0 spiro atoms. The fourth-order valence-electron chi connectivity index (χ4n) is 6.61. The van der Waals surface area contributed by atoms with Crippen molar-refractivity contribution >= 4 is 56.2 Å². The first kappa shape index (κ1) is 30.6. The second-order valence-electron chi connectivity index (χ2n) is 12.0. The number of benzene rings is 3. The highest BCUT2D eigenvalue weighted by Crippen LogP contribution is 2.43. The Hall–Kier alpha value is -5.02. The van der Waals surface area contributed by atoms with Gasteiger partial charge in [-0.05, 0) is 85.9 Å². The van der Waals surface area contributed by atoms with Crippen LogP contribution in [0.3, 0.4) is 0 Å². The van der Waals surface area contributed by atoms with Crippen LogP contribution in [0.5, 0.6) is 0 Å². The average Bonchev–Trinajstić information content (AvgIpc) is 3.59. The van der Waals surface area contributed by atoms with Crippen LogP contribution in [0.4, 0.5) is 10.8 Å². The molecule has 3 aromatic heterocycles. The Bertz CT molecular complexity index is 2100. The molecule has 47 heavy (non-hydrogen) atoms. The van der Waals surface area contributed by atoms with Gasteiger partial charge in [0.15, 0.2) is 5.65 Å². The minimum Gasteiger partial charge on any atom is -0.462 e. The lowest BCUT2D eigenvalue weighted by Gasteiger charge is -2.23. The normalized spacial score (nSPS) is 14.3. The molecule has 6 aromatic rings. The van der Waals surface area contributed by atoms with Gasteiger partial charge in [-0.2, -0.15) is 0 Å². The summed E-state index contributed by atoms with van der Waals surface area (Å²) < 4.78 is 7.29. The van der Waals surface area contributed by atoms with Gasteiger partial charge in [-0.25, -0.2) is 14.8 Å². The van der Waals surface area contributed by atoms with Crippen LogP contribution in [0.1, 0.15) is 81.3 Å². The van der Waals surface area contributed by atoms with Gasteiger partial charge >= 0.3 is 5.97 Å². The van der Waals surface area contributed by atoms with E-state index >= 15 is 0 Å². The molecular formula is C38H37N5O3S. The van der Waals surface area contributed by atoms with Gasteiger partial charge in [0.05, 0.1) is 23.2 Å². The Morgan fingerprint density at radius 3 is 2.40 bits per heavy atom. The Morgan fingerprint density at radius 2 is 1.68 bits per heavy atom. The van der Waals surface area contributed by atoms with Crippen LogP contribution in [-0.4, -0.2) is 33.0 Å². The molecule has 8 nitrogen and oxygen atoms in total. The number of carbonyl (C=O) groups is 2. The van der Waals surface area contributed by atoms with Crippen molar-refractivity contribution in [3.63, 3.8) is 0 Å². The maximum atomic E-state index is 14.3. The summed E-state index contributed by atoms with van der Waals surface area (Å²) in [4.78, 5) is 38.6. The third-order valence-corrected chi connectivity index (χ3v) is 10.2. The molecule has 3 aromatic carbocycles. The molecule has 238 valence electrons. The first-order valence-corrected chi connectivity index (χ1v) is 17.1. The molecule has 0 aliphatic heterocycles. The van der Waals surface area contributed by atoms with Crippen LogP contribution in [-0.2, 0) is 24.0 Å². The summed E-state index contributed by atoms with van der Waals surface area (Å²) in [6, 6.07) is 26.2. The number of thiophene rings is 1. The summed E-state index contributed by atoms with van der Waals surface area (Å²) in [5, 5.41) is 3.55. The smallest absolute Gasteiger partial charge is 0.341 e. The van der Waals surface area contributed by atoms with Gasteiger partial charge in [-0.1, -0.05) is 67.9 Å². The lowest BCUT2D eigenvalue weighted by atomic mass is 9.83. The molecule has 1 atom stereocenters. The van der Waals surface area contributed by atoms with E-state index in [0.29, 0.717) is 38.7 Å². The maximum Gasteiger partial charge on any atom is 0.341 e. The Balaban J connectivity index is 1.31. The van der Waals surface area contributed by atoms with Crippen molar-refractivity contribution < 1.29 is 14.3 Å². The Morgan fingerprint density at radius 1 is 0.957 bits per heavy atom. The zero-order chi connectivity index (χ0) is 32.5. The number of fused-ring (bicyclic) bond motifs is 3. The molecule has 1 aliphatic carbocycles. The van der Waals surface area contributed by atoms with E-state index in [-0.39, 0.29) is 18.0 Å². The van der Waals surface area contributed by atoms with Crippen LogP contribution in [0.25, 0.3) is 27.9 Å². The third kappa shape index (κ3) is 5.76. The second-order valence-corrected chi connectivity index (χ2v) is 13.1. The number of para-hydroxylation sites is 2. The van der Waals surface area contributed by atoms with Crippen molar-refractivity contribution in [2.45, 2.75) is 58.3 Å². The number of nitrogens with zero attached hydrogens (tertiary/aromatic N) is 3. The van der Waals surface area contributed by atoms with Crippen molar-refractivity contribution in [1.29, 1.82) is 0 Å². The number of nitrogen functional groups attached to an aromatic ring is 1. The molecule has 0 unspecified atom stereocenters. The number of rotatable bonds is 9. The molecule has 1 amide bonds. The van der Waals surface area contributed by atoms with Gasteiger partial charge in [0.25, 0.3) is 5.91 Å². The number of nitrogens with two attached hydrogens (primary N) is 1. The molecule has 0 bridgehead atoms. The summed E-state index contributed by atoms with van der Waals surface area (Å²) in [5.41, 5.74) is 14.0. The zero-order valence-corrected chi connectivity index (χ0v) is 27.4. The Kier molecular flexibility index (Phi) is 8.47. The molecule has 3 N–H and O–H groups in total. The number of ether oxygens (including phenoxy) is 1. The summed E-state index contributed by atoms with van der Waals surface area (Å²) in [6.45, 7) is 4.21. The van der Waals surface area contributed by atoms with Crippen molar-refractivity contribution in [3.8, 4) is 5.69 Å². The summed E-state index contributed by atoms with van der Waals surface area (Å²) >= 11 is 1.45. The Labute approximate surface area is 277 Å². The summed E-state index contributed by atoms with van der Waals surface area (Å²) in [6.07, 6.45) is 5.66. The molecule has 0 saturated heterocycles. The van der Waals surface area contributed by atoms with E-state index in [0.717, 1.165) is 54.7 Å². The predicted octanol–water partition coefficient (Wildman–Crippen LogP) is 8.26. The summed E-state index contributed by atoms with van der Waals surface area (Å²) in [5.74, 6) is -0.300. The molecule has 9 heteroatoms. The number of hydrogen-bond acceptors (Lipinski definition) is 7. The number of amides is 1. The van der Waals surface area contributed by atoms with E-state index in [9.17, 15) is 9.59 Å². The lowest BCUT2D eigenvalue weighted by Crippen LogP contribution is -2.18. The first-order chi connectivity index (χ1) is 23.0. The molecule has 7 rings (SSSR count). The van der Waals surface area contributed by atoms with Crippen LogP contribution >= 0.6 is 11.3 Å². The number of hydrogen-bond donors (Lipinski definition) is 2. The molecule has 3 heterocycles. The van der Waals surface area contributed by atoms with E-state index in [2.05, 4.69) is 48.6 Å². The van der Waals surface area contributed by atoms with Gasteiger partial charge < -0.3 is 15.8 Å². The molecule has 0 fully saturated rings. The minimum atomic E-state index is -0.445. The molecule has 1 aliphatic rings. The quantitative estimate of drug-likeness (QED) is 0.153. The first-order valence-electron chi connectivity index (χ1n) is 16.3. The minimum absolute atomic E-state index is 0.219. The molecule has 0 radical (unpaired) electrons. The third-order valence-electron chi connectivity index (χ3n) is 8.98. The van der Waals surface area contributed by atoms with Crippen LogP contribution in [0.15, 0.2) is 78.9 Å². The number of unbranched alkanes of at least 4 members (excludes halogenated alkanes) is 1. The highest BCUT2D eigenvalue weighted by Gasteiger charge is 2.32. The van der Waals surface area contributed by atoms with E-state index in [1.165, 1.54) is 22.5 Å². The second kappa shape index (κ2) is 13.0. The topological polar surface area (TPSA) is 112 Å². The highest BCUT2D eigenvalue weighted by atomic mass is 32.1. The van der Waals surface area contributed by atoms with Gasteiger partial charge in [-0.3, -0.25) is 9.36 Å². The van der Waals surface area contributed by atoms with Gasteiger partial charge in [0, 0.05) is 10.6 Å². The van der Waals surface area contributed by atoms with Gasteiger partial charge in [0.2, 0.25) is 0 Å².